The molecule has 1 aliphatic carbocycles. The molecule has 2 rings (SSSR count). The van der Waals surface area contributed by atoms with Crippen LogP contribution in [0.5, 0.6) is 11.5 Å². The van der Waals surface area contributed by atoms with E-state index in [9.17, 15) is 24.9 Å². The number of benzene rings is 1. The van der Waals surface area contributed by atoms with Gasteiger partial charge in [0.2, 0.25) is 0 Å². The van der Waals surface area contributed by atoms with Gasteiger partial charge in [-0.2, -0.15) is 0 Å². The van der Waals surface area contributed by atoms with E-state index in [2.05, 4.69) is 5.32 Å². The Balaban J connectivity index is 2.24. The van der Waals surface area contributed by atoms with E-state index >= 15 is 0 Å². The van der Waals surface area contributed by atoms with Gasteiger partial charge in [-0.15, -0.1) is 0 Å². The zero-order valence-corrected chi connectivity index (χ0v) is 10.9. The van der Waals surface area contributed by atoms with E-state index in [0.29, 0.717) is 12.8 Å². The van der Waals surface area contributed by atoms with E-state index in [1.54, 1.807) is 0 Å². The van der Waals surface area contributed by atoms with Crippen LogP contribution in [-0.2, 0) is 4.79 Å². The van der Waals surface area contributed by atoms with E-state index in [0.717, 1.165) is 25.3 Å². The van der Waals surface area contributed by atoms with Crippen LogP contribution in [-0.4, -0.2) is 32.7 Å². The molecular weight excluding hydrogens is 262 g/mol. The summed E-state index contributed by atoms with van der Waals surface area (Å²) in [7, 11) is 0. The van der Waals surface area contributed by atoms with Gasteiger partial charge >= 0.3 is 5.97 Å². The average Bonchev–Trinajstić information content (AvgIpc) is 2.42. The molecule has 108 valence electrons. The van der Waals surface area contributed by atoms with Gasteiger partial charge in [-0.05, 0) is 31.0 Å². The van der Waals surface area contributed by atoms with Gasteiger partial charge in [0.25, 0.3) is 5.91 Å². The summed E-state index contributed by atoms with van der Waals surface area (Å²) in [6.45, 7) is 0. The van der Waals surface area contributed by atoms with Crippen molar-refractivity contribution in [3.05, 3.63) is 23.8 Å². The molecule has 1 fully saturated rings. The Morgan fingerprint density at radius 2 is 1.75 bits per heavy atom. The monoisotopic (exact) mass is 279 g/mol. The van der Waals surface area contributed by atoms with Crippen molar-refractivity contribution >= 4 is 11.9 Å². The topological polar surface area (TPSA) is 107 Å². The highest BCUT2D eigenvalue weighted by Gasteiger charge is 2.41. The summed E-state index contributed by atoms with van der Waals surface area (Å²) in [5.41, 5.74) is -1.41. The number of hydrogen-bond donors (Lipinski definition) is 4. The molecule has 0 heterocycles. The zero-order valence-electron chi connectivity index (χ0n) is 10.9. The average molecular weight is 279 g/mol. The van der Waals surface area contributed by atoms with Gasteiger partial charge in [-0.3, -0.25) is 4.79 Å². The summed E-state index contributed by atoms with van der Waals surface area (Å²) < 4.78 is 0. The number of amides is 1. The lowest BCUT2D eigenvalue weighted by Crippen LogP contribution is -2.55. The van der Waals surface area contributed by atoms with E-state index in [1.807, 2.05) is 0 Å². The summed E-state index contributed by atoms with van der Waals surface area (Å²) in [5, 5.41) is 30.9. The van der Waals surface area contributed by atoms with Gasteiger partial charge < -0.3 is 20.6 Å². The number of phenolic OH excluding ortho intramolecular Hbond substituents is 2. The highest BCUT2D eigenvalue weighted by atomic mass is 16.4. The molecule has 4 N–H and O–H groups in total. The number of carboxylic acids is 1. The number of hydrogen-bond acceptors (Lipinski definition) is 4. The van der Waals surface area contributed by atoms with E-state index in [-0.39, 0.29) is 17.1 Å². The first-order valence-corrected chi connectivity index (χ1v) is 6.52. The second-order valence-corrected chi connectivity index (χ2v) is 5.10. The molecular formula is C14H17NO5. The fourth-order valence-corrected chi connectivity index (χ4v) is 2.54. The fraction of sp³-hybridized carbons (Fsp3) is 0.429. The van der Waals surface area contributed by atoms with Crippen molar-refractivity contribution < 1.29 is 24.9 Å². The van der Waals surface area contributed by atoms with Crippen LogP contribution in [0, 0.1) is 0 Å². The lowest BCUT2D eigenvalue weighted by molar-refractivity contribution is -0.145. The number of phenols is 2. The maximum atomic E-state index is 12.2. The molecule has 6 nitrogen and oxygen atoms in total. The minimum Gasteiger partial charge on any atom is -0.508 e. The molecule has 0 unspecified atom stereocenters. The van der Waals surface area contributed by atoms with Crippen molar-refractivity contribution in [2.24, 2.45) is 0 Å². The normalized spacial score (nSPS) is 17.4. The van der Waals surface area contributed by atoms with Crippen LogP contribution in [0.15, 0.2) is 18.2 Å². The Bertz CT molecular complexity index is 534. The second kappa shape index (κ2) is 5.40. The standard InChI is InChI=1S/C14H17NO5/c16-9-4-5-11(17)10(8-9)12(18)15-14(13(19)20)6-2-1-3-7-14/h4-5,8,16-17H,1-3,6-7H2,(H,15,18)(H,19,20). The van der Waals surface area contributed by atoms with Crippen LogP contribution >= 0.6 is 0 Å². The Hall–Kier alpha value is -2.24. The summed E-state index contributed by atoms with van der Waals surface area (Å²) in [6, 6.07) is 3.56. The van der Waals surface area contributed by atoms with Crippen LogP contribution in [0.1, 0.15) is 42.5 Å². The first-order valence-electron chi connectivity index (χ1n) is 6.52. The molecule has 0 spiro atoms. The molecule has 20 heavy (non-hydrogen) atoms. The minimum absolute atomic E-state index is 0.129. The van der Waals surface area contributed by atoms with Crippen LogP contribution < -0.4 is 5.32 Å². The van der Waals surface area contributed by atoms with Crippen molar-refractivity contribution in [3.63, 3.8) is 0 Å². The molecule has 0 bridgehead atoms. The van der Waals surface area contributed by atoms with Crippen molar-refractivity contribution in [1.29, 1.82) is 0 Å². The minimum atomic E-state index is -1.28. The van der Waals surface area contributed by atoms with Gasteiger partial charge in [-0.1, -0.05) is 19.3 Å². The van der Waals surface area contributed by atoms with Crippen molar-refractivity contribution in [1.82, 2.24) is 5.32 Å². The third kappa shape index (κ3) is 2.68. The first-order chi connectivity index (χ1) is 9.44. The Morgan fingerprint density at radius 3 is 2.35 bits per heavy atom. The van der Waals surface area contributed by atoms with E-state index < -0.39 is 17.4 Å². The van der Waals surface area contributed by atoms with E-state index in [4.69, 9.17) is 0 Å². The summed E-state index contributed by atoms with van der Waals surface area (Å²) >= 11 is 0. The van der Waals surface area contributed by atoms with Crippen LogP contribution in [0.2, 0.25) is 0 Å². The second-order valence-electron chi connectivity index (χ2n) is 5.10. The number of aromatic hydroxyl groups is 2. The lowest BCUT2D eigenvalue weighted by atomic mass is 9.81. The summed E-state index contributed by atoms with van der Waals surface area (Å²) in [5.74, 6) is -2.22. The Kier molecular flexibility index (Phi) is 3.83. The predicted octanol–water partition coefficient (Wildman–Crippen LogP) is 1.62. The van der Waals surface area contributed by atoms with Crippen molar-refractivity contribution in [3.8, 4) is 11.5 Å². The third-order valence-electron chi connectivity index (χ3n) is 3.69. The SMILES string of the molecule is O=C(NC1(C(=O)O)CCCCC1)c1cc(O)ccc1O. The zero-order chi connectivity index (χ0) is 14.8. The third-order valence-corrected chi connectivity index (χ3v) is 3.69. The molecule has 0 atom stereocenters. The number of carbonyl (C=O) groups is 2. The maximum absolute atomic E-state index is 12.2. The molecule has 1 aromatic rings. The molecule has 0 aliphatic heterocycles. The van der Waals surface area contributed by atoms with Crippen LogP contribution in [0.4, 0.5) is 0 Å². The number of nitrogens with one attached hydrogen (secondary N) is 1. The molecule has 1 aromatic carbocycles. The Morgan fingerprint density at radius 1 is 1.10 bits per heavy atom. The molecule has 1 aliphatic rings. The largest absolute Gasteiger partial charge is 0.508 e. The number of rotatable bonds is 3. The van der Waals surface area contributed by atoms with Crippen molar-refractivity contribution in [2.75, 3.05) is 0 Å². The number of carbonyl (C=O) groups excluding carboxylic acids is 1. The van der Waals surface area contributed by atoms with Crippen LogP contribution in [0.3, 0.4) is 0 Å². The first kappa shape index (κ1) is 14.2. The number of carboxylic acid groups (broad SMARTS) is 1. The van der Waals surface area contributed by atoms with Crippen LogP contribution in [0.25, 0.3) is 0 Å². The smallest absolute Gasteiger partial charge is 0.329 e. The summed E-state index contributed by atoms with van der Waals surface area (Å²) in [6.07, 6.45) is 3.15. The quantitative estimate of drug-likeness (QED) is 0.629. The van der Waals surface area contributed by atoms with Gasteiger partial charge in [0.1, 0.15) is 17.0 Å². The Labute approximate surface area is 116 Å². The molecule has 1 saturated carbocycles. The fourth-order valence-electron chi connectivity index (χ4n) is 2.54. The molecule has 1 amide bonds. The molecule has 0 aromatic heterocycles. The van der Waals surface area contributed by atoms with Gasteiger partial charge in [0.05, 0.1) is 5.56 Å². The van der Waals surface area contributed by atoms with Gasteiger partial charge in [0, 0.05) is 0 Å². The maximum Gasteiger partial charge on any atom is 0.329 e. The van der Waals surface area contributed by atoms with Gasteiger partial charge in [0.15, 0.2) is 0 Å². The van der Waals surface area contributed by atoms with E-state index in [1.165, 1.54) is 12.1 Å². The van der Waals surface area contributed by atoms with Gasteiger partial charge in [-0.25, -0.2) is 4.79 Å². The molecule has 0 saturated heterocycles. The predicted molar refractivity (Wildman–Crippen MR) is 70.7 cm³/mol. The lowest BCUT2D eigenvalue weighted by Gasteiger charge is -2.34. The summed E-state index contributed by atoms with van der Waals surface area (Å²) in [4.78, 5) is 23.6. The highest BCUT2D eigenvalue weighted by molar-refractivity contribution is 6.00. The van der Waals surface area contributed by atoms with Crippen molar-refractivity contribution in [2.45, 2.75) is 37.6 Å². The number of aliphatic carboxylic acids is 1. The molecule has 0 radical (unpaired) electrons. The highest BCUT2D eigenvalue weighted by Crippen LogP contribution is 2.30. The molecule has 6 heteroatoms.